The Kier molecular flexibility index (Phi) is 16.9. The summed E-state index contributed by atoms with van der Waals surface area (Å²) in [7, 11) is 1.65. The maximum absolute atomic E-state index is 10.2. The van der Waals surface area contributed by atoms with E-state index in [1.165, 1.54) is 24.8 Å². The summed E-state index contributed by atoms with van der Waals surface area (Å²) in [5, 5.41) is 26.7. The Morgan fingerprint density at radius 3 is 2.08 bits per heavy atom. The molecule has 1 saturated heterocycles. The van der Waals surface area contributed by atoms with Crippen molar-refractivity contribution in [3.63, 3.8) is 0 Å². The first kappa shape index (κ1) is 39.3. The van der Waals surface area contributed by atoms with Crippen molar-refractivity contribution in [2.75, 3.05) is 59.7 Å². The van der Waals surface area contributed by atoms with E-state index in [0.29, 0.717) is 55.9 Å². The molecule has 4 N–H and O–H groups in total. The number of nitrogens with one attached hydrogen (secondary N) is 2. The molecule has 2 aliphatic rings. The maximum Gasteiger partial charge on any atom is 0.161 e. The van der Waals surface area contributed by atoms with Crippen molar-refractivity contribution in [2.24, 2.45) is 0 Å². The molecule has 1 aliphatic carbocycles. The lowest BCUT2D eigenvalue weighted by atomic mass is 9.91. The Morgan fingerprint density at radius 2 is 1.39 bits per heavy atom. The summed E-state index contributed by atoms with van der Waals surface area (Å²) in [6, 6.07) is 15.2. The van der Waals surface area contributed by atoms with Gasteiger partial charge in [-0.15, -0.1) is 0 Å². The minimum absolute atomic E-state index is 0.206. The van der Waals surface area contributed by atoms with E-state index in [1.807, 2.05) is 24.3 Å². The van der Waals surface area contributed by atoms with Gasteiger partial charge in [0.2, 0.25) is 0 Å². The topological polar surface area (TPSA) is 114 Å². The van der Waals surface area contributed by atoms with Crippen molar-refractivity contribution >= 4 is 0 Å². The number of hydrogen-bond acceptors (Lipinski definition) is 10. The summed E-state index contributed by atoms with van der Waals surface area (Å²) in [5.41, 5.74) is 2.36. The molecule has 0 aromatic heterocycles. The van der Waals surface area contributed by atoms with Crippen molar-refractivity contribution < 1.29 is 33.9 Å². The van der Waals surface area contributed by atoms with Crippen molar-refractivity contribution in [3.05, 3.63) is 53.6 Å². The highest BCUT2D eigenvalue weighted by Gasteiger charge is 2.35. The van der Waals surface area contributed by atoms with Crippen LogP contribution < -0.4 is 24.8 Å². The number of hydrogen-bond donors (Lipinski definition) is 4. The van der Waals surface area contributed by atoms with Gasteiger partial charge in [-0.05, 0) is 67.5 Å². The van der Waals surface area contributed by atoms with Crippen molar-refractivity contribution in [2.45, 2.75) is 115 Å². The molecule has 276 valence electrons. The molecule has 49 heavy (non-hydrogen) atoms. The molecular formula is C39H63N3O7. The van der Waals surface area contributed by atoms with Crippen LogP contribution in [0.5, 0.6) is 17.2 Å². The monoisotopic (exact) mass is 685 g/mol. The lowest BCUT2D eigenvalue weighted by Crippen LogP contribution is -2.46. The maximum atomic E-state index is 10.2. The number of likely N-dealkylation sites (tertiary alicyclic amines) is 1. The molecule has 2 aromatic carbocycles. The molecule has 2 fully saturated rings. The smallest absolute Gasteiger partial charge is 0.161 e. The molecule has 1 aliphatic heterocycles. The highest BCUT2D eigenvalue weighted by molar-refractivity contribution is 5.43. The normalized spacial score (nSPS) is 21.3. The quantitative estimate of drug-likeness (QED) is 0.143. The Hall–Kier alpha value is -2.44. The molecule has 0 radical (unpaired) electrons. The van der Waals surface area contributed by atoms with Crippen LogP contribution in [-0.2, 0) is 22.3 Å². The second-order valence-corrected chi connectivity index (χ2v) is 14.2. The van der Waals surface area contributed by atoms with Gasteiger partial charge in [0.05, 0.1) is 32.5 Å². The van der Waals surface area contributed by atoms with Crippen LogP contribution in [0.25, 0.3) is 0 Å². The fourth-order valence-corrected chi connectivity index (χ4v) is 6.53. The Bertz CT molecular complexity index is 1200. The van der Waals surface area contributed by atoms with Crippen molar-refractivity contribution in [1.29, 1.82) is 0 Å². The van der Waals surface area contributed by atoms with Gasteiger partial charge in [-0.2, -0.15) is 0 Å². The zero-order valence-electron chi connectivity index (χ0n) is 30.6. The fraction of sp³-hybridized carbons (Fsp3) is 0.692. The van der Waals surface area contributed by atoms with E-state index in [1.54, 1.807) is 7.11 Å². The number of rotatable bonds is 22. The summed E-state index contributed by atoms with van der Waals surface area (Å²) < 4.78 is 30.1. The summed E-state index contributed by atoms with van der Waals surface area (Å²) >= 11 is 0. The minimum atomic E-state index is -0.588. The average molecular weight is 686 g/mol. The molecule has 1 heterocycles. The molecule has 2 aromatic rings. The van der Waals surface area contributed by atoms with Gasteiger partial charge in [-0.1, -0.05) is 58.7 Å². The Morgan fingerprint density at radius 1 is 0.755 bits per heavy atom. The number of aliphatic hydroxyl groups is 2. The molecular weight excluding hydrogens is 622 g/mol. The van der Waals surface area contributed by atoms with Crippen LogP contribution >= 0.6 is 0 Å². The number of methoxy groups -OCH3 is 1. The van der Waals surface area contributed by atoms with Crippen LogP contribution in [0.3, 0.4) is 0 Å². The van der Waals surface area contributed by atoms with Gasteiger partial charge >= 0.3 is 0 Å². The molecule has 10 heteroatoms. The van der Waals surface area contributed by atoms with Gasteiger partial charge in [0.25, 0.3) is 0 Å². The first-order valence-electron chi connectivity index (χ1n) is 18.5. The van der Waals surface area contributed by atoms with Crippen LogP contribution in [0.1, 0.15) is 70.9 Å². The van der Waals surface area contributed by atoms with E-state index < -0.39 is 12.2 Å². The second-order valence-electron chi connectivity index (χ2n) is 14.2. The van der Waals surface area contributed by atoms with Crippen LogP contribution in [-0.4, -0.2) is 117 Å². The number of benzene rings is 2. The van der Waals surface area contributed by atoms with Crippen molar-refractivity contribution in [1.82, 2.24) is 15.5 Å². The zero-order valence-corrected chi connectivity index (χ0v) is 30.6. The average Bonchev–Trinajstić information content (AvgIpc) is 3.57. The Labute approximate surface area is 294 Å². The Balaban J connectivity index is 1.15. The molecule has 0 bridgehead atoms. The molecule has 3 unspecified atom stereocenters. The molecule has 10 nitrogen and oxygen atoms in total. The molecule has 4 rings (SSSR count). The predicted molar refractivity (Wildman–Crippen MR) is 194 cm³/mol. The third-order valence-corrected chi connectivity index (χ3v) is 9.33. The van der Waals surface area contributed by atoms with E-state index in [9.17, 15) is 10.2 Å². The minimum Gasteiger partial charge on any atom is -0.493 e. The second kappa shape index (κ2) is 21.0. The van der Waals surface area contributed by atoms with Crippen LogP contribution in [0.15, 0.2) is 42.5 Å². The molecule has 0 amide bonds. The summed E-state index contributed by atoms with van der Waals surface area (Å²) in [5.74, 6) is 2.08. The fourth-order valence-electron chi connectivity index (χ4n) is 6.53. The van der Waals surface area contributed by atoms with E-state index in [0.717, 1.165) is 50.1 Å². The van der Waals surface area contributed by atoms with Gasteiger partial charge in [-0.3, -0.25) is 4.90 Å². The zero-order chi connectivity index (χ0) is 35.0. The molecule has 1 saturated carbocycles. The lowest BCUT2D eigenvalue weighted by molar-refractivity contribution is -0.0343. The van der Waals surface area contributed by atoms with E-state index in [-0.39, 0.29) is 25.4 Å². The van der Waals surface area contributed by atoms with Gasteiger partial charge in [0, 0.05) is 44.3 Å². The third-order valence-electron chi connectivity index (χ3n) is 9.33. The number of aliphatic hydroxyl groups excluding tert-OH is 2. The molecule has 0 spiro atoms. The van der Waals surface area contributed by atoms with Crippen LogP contribution in [0.2, 0.25) is 0 Å². The summed E-state index contributed by atoms with van der Waals surface area (Å²) in [6.07, 6.45) is 6.85. The molecule has 5 atom stereocenters. The SMILES string of the molecule is COc1cc(CCO[C@H]2CCCCC2N2CC[C@@H](OCCc3ccc(OCC(O)CNC(C)C)cc3)C2)ccc1OCC(O)CNC(C)C. The highest BCUT2D eigenvalue weighted by Crippen LogP contribution is 2.31. The largest absolute Gasteiger partial charge is 0.493 e. The van der Waals surface area contributed by atoms with E-state index >= 15 is 0 Å². The van der Waals surface area contributed by atoms with Crippen LogP contribution in [0.4, 0.5) is 0 Å². The van der Waals surface area contributed by atoms with E-state index in [4.69, 9.17) is 23.7 Å². The van der Waals surface area contributed by atoms with Crippen molar-refractivity contribution in [3.8, 4) is 17.2 Å². The standard InChI is InChI=1S/C39H63N3O7/c1-28(2)40-23-32(43)26-48-34-13-10-30(11-14-34)17-20-46-35-16-19-42(25-35)36-8-6-7-9-37(36)47-21-18-31-12-15-38(39(22-31)45-5)49-27-33(44)24-41-29(3)4/h10-15,22,28-29,32-33,35-37,40-41,43-44H,6-9,16-21,23-27H2,1-5H3/t32?,33?,35-,36?,37+/m1/s1. The number of nitrogens with zero attached hydrogens (tertiary/aromatic N) is 1. The van der Waals surface area contributed by atoms with Gasteiger partial charge in [0.15, 0.2) is 11.5 Å². The van der Waals surface area contributed by atoms with Gasteiger partial charge in [0.1, 0.15) is 31.2 Å². The lowest BCUT2D eigenvalue weighted by Gasteiger charge is -2.38. The van der Waals surface area contributed by atoms with Gasteiger partial charge in [-0.25, -0.2) is 0 Å². The number of ether oxygens (including phenoxy) is 5. The first-order chi connectivity index (χ1) is 23.7. The first-order valence-corrected chi connectivity index (χ1v) is 18.5. The summed E-state index contributed by atoms with van der Waals surface area (Å²) in [6.45, 7) is 13.1. The highest BCUT2D eigenvalue weighted by atomic mass is 16.5. The van der Waals surface area contributed by atoms with Crippen LogP contribution in [0, 0.1) is 0 Å². The third kappa shape index (κ3) is 14.0. The van der Waals surface area contributed by atoms with Gasteiger partial charge < -0.3 is 44.5 Å². The predicted octanol–water partition coefficient (Wildman–Crippen LogP) is 4.37. The summed E-state index contributed by atoms with van der Waals surface area (Å²) in [4.78, 5) is 2.60. The van der Waals surface area contributed by atoms with E-state index in [2.05, 4.69) is 61.4 Å².